The van der Waals surface area contributed by atoms with Crippen molar-refractivity contribution >= 4 is 0 Å². The van der Waals surface area contributed by atoms with Gasteiger partial charge in [0.05, 0.1) is 26.3 Å². The van der Waals surface area contributed by atoms with Crippen molar-refractivity contribution in [1.29, 1.82) is 0 Å². The molecule has 1 fully saturated rings. The van der Waals surface area contributed by atoms with Gasteiger partial charge in [0.1, 0.15) is 6.04 Å². The minimum Gasteiger partial charge on any atom is -0.296 e. The average Bonchev–Trinajstić information content (AvgIpc) is 2.18. The molecule has 1 heterocycles. The lowest BCUT2D eigenvalue weighted by molar-refractivity contribution is -0.890. The molecule has 14 heavy (non-hydrogen) atoms. The van der Waals surface area contributed by atoms with E-state index in [0.29, 0.717) is 6.04 Å². The third kappa shape index (κ3) is 2.18. The first-order valence-electron chi connectivity index (χ1n) is 5.76. The molecule has 0 aromatic rings. The lowest BCUT2D eigenvalue weighted by Crippen LogP contribution is -2.61. The highest BCUT2D eigenvalue weighted by Crippen LogP contribution is 2.21. The standard InChI is InChI=1S/C12H25N2/c1-6-12-10-13(11(3)4)8-9-14(12,5)7-2/h7,11-12H,2,6,8-10H2,1,3-5H3/q+1. The molecule has 0 radical (unpaired) electrons. The lowest BCUT2D eigenvalue weighted by Gasteiger charge is -2.46. The Labute approximate surface area is 88.8 Å². The van der Waals surface area contributed by atoms with Crippen LogP contribution in [-0.2, 0) is 0 Å². The molecule has 0 aliphatic carbocycles. The molecule has 2 nitrogen and oxygen atoms in total. The maximum absolute atomic E-state index is 3.98. The second-order valence-corrected chi connectivity index (χ2v) is 4.90. The molecule has 0 aromatic heterocycles. The first kappa shape index (κ1) is 11.7. The van der Waals surface area contributed by atoms with E-state index in [1.54, 1.807) is 0 Å². The summed E-state index contributed by atoms with van der Waals surface area (Å²) in [5.74, 6) is 0. The van der Waals surface area contributed by atoms with Crippen LogP contribution in [0.1, 0.15) is 27.2 Å². The predicted octanol–water partition coefficient (Wildman–Crippen LogP) is 2.08. The van der Waals surface area contributed by atoms with Crippen molar-refractivity contribution in [2.24, 2.45) is 0 Å². The summed E-state index contributed by atoms with van der Waals surface area (Å²) < 4.78 is 1.04. The van der Waals surface area contributed by atoms with Crippen LogP contribution in [0, 0.1) is 0 Å². The van der Waals surface area contributed by atoms with Gasteiger partial charge < -0.3 is 0 Å². The number of likely N-dealkylation sites (N-methyl/N-ethyl adjacent to an activating group) is 1. The fourth-order valence-corrected chi connectivity index (χ4v) is 2.33. The van der Waals surface area contributed by atoms with E-state index in [0.717, 1.165) is 10.5 Å². The van der Waals surface area contributed by atoms with E-state index in [2.05, 4.69) is 45.5 Å². The van der Waals surface area contributed by atoms with E-state index in [4.69, 9.17) is 0 Å². The second kappa shape index (κ2) is 4.45. The smallest absolute Gasteiger partial charge is 0.106 e. The van der Waals surface area contributed by atoms with Gasteiger partial charge in [-0.1, -0.05) is 6.92 Å². The van der Waals surface area contributed by atoms with Crippen molar-refractivity contribution < 1.29 is 4.48 Å². The normalized spacial score (nSPS) is 34.8. The Morgan fingerprint density at radius 1 is 1.57 bits per heavy atom. The van der Waals surface area contributed by atoms with Crippen molar-refractivity contribution in [1.82, 2.24) is 4.90 Å². The molecule has 0 spiro atoms. The van der Waals surface area contributed by atoms with Crippen LogP contribution in [-0.4, -0.2) is 48.1 Å². The molecule has 1 aliphatic rings. The van der Waals surface area contributed by atoms with Crippen LogP contribution >= 0.6 is 0 Å². The molecule has 2 unspecified atom stereocenters. The molecule has 2 heteroatoms. The Kier molecular flexibility index (Phi) is 3.73. The zero-order valence-electron chi connectivity index (χ0n) is 10.2. The molecule has 1 aliphatic heterocycles. The Morgan fingerprint density at radius 3 is 2.64 bits per heavy atom. The predicted molar refractivity (Wildman–Crippen MR) is 62.0 cm³/mol. The van der Waals surface area contributed by atoms with Crippen molar-refractivity contribution in [2.45, 2.75) is 39.3 Å². The lowest BCUT2D eigenvalue weighted by atomic mass is 10.1. The van der Waals surface area contributed by atoms with Gasteiger partial charge >= 0.3 is 0 Å². The van der Waals surface area contributed by atoms with Gasteiger partial charge in [0.2, 0.25) is 0 Å². The Balaban J connectivity index is 2.68. The number of hydrogen-bond donors (Lipinski definition) is 0. The molecular formula is C12H25N2+. The zero-order chi connectivity index (χ0) is 10.8. The highest BCUT2D eigenvalue weighted by atomic mass is 15.4. The van der Waals surface area contributed by atoms with Gasteiger partial charge in [-0.15, -0.1) is 0 Å². The Hall–Kier alpha value is -0.340. The van der Waals surface area contributed by atoms with E-state index in [9.17, 15) is 0 Å². The molecule has 0 amide bonds. The first-order chi connectivity index (χ1) is 6.53. The van der Waals surface area contributed by atoms with Crippen LogP contribution in [0.3, 0.4) is 0 Å². The minimum atomic E-state index is 0.683. The third-order valence-electron chi connectivity index (χ3n) is 3.77. The maximum atomic E-state index is 3.98. The molecule has 0 bridgehead atoms. The largest absolute Gasteiger partial charge is 0.296 e. The summed E-state index contributed by atoms with van der Waals surface area (Å²) >= 11 is 0. The minimum absolute atomic E-state index is 0.683. The van der Waals surface area contributed by atoms with Crippen LogP contribution in [0.15, 0.2) is 12.8 Å². The molecule has 0 N–H and O–H groups in total. The van der Waals surface area contributed by atoms with E-state index in [1.807, 2.05) is 0 Å². The molecule has 1 saturated heterocycles. The molecule has 82 valence electrons. The maximum Gasteiger partial charge on any atom is 0.106 e. The van der Waals surface area contributed by atoms with Crippen molar-refractivity contribution in [3.05, 3.63) is 12.8 Å². The molecular weight excluding hydrogens is 172 g/mol. The highest BCUT2D eigenvalue weighted by molar-refractivity contribution is 4.77. The van der Waals surface area contributed by atoms with Gasteiger partial charge in [-0.2, -0.15) is 0 Å². The Morgan fingerprint density at radius 2 is 2.21 bits per heavy atom. The van der Waals surface area contributed by atoms with E-state index in [1.165, 1.54) is 26.1 Å². The van der Waals surface area contributed by atoms with Crippen molar-refractivity contribution in [3.8, 4) is 0 Å². The number of hydrogen-bond acceptors (Lipinski definition) is 1. The highest BCUT2D eigenvalue weighted by Gasteiger charge is 2.36. The molecule has 1 rings (SSSR count). The van der Waals surface area contributed by atoms with Gasteiger partial charge in [0, 0.05) is 12.6 Å². The average molecular weight is 197 g/mol. The van der Waals surface area contributed by atoms with Crippen LogP contribution in [0.2, 0.25) is 0 Å². The van der Waals surface area contributed by atoms with E-state index >= 15 is 0 Å². The monoisotopic (exact) mass is 197 g/mol. The summed E-state index contributed by atoms with van der Waals surface area (Å²) in [6.07, 6.45) is 3.36. The number of rotatable bonds is 3. The van der Waals surface area contributed by atoms with Crippen molar-refractivity contribution in [3.63, 3.8) is 0 Å². The van der Waals surface area contributed by atoms with Crippen molar-refractivity contribution in [2.75, 3.05) is 26.7 Å². The number of piperazine rings is 1. The second-order valence-electron chi connectivity index (χ2n) is 4.90. The molecule has 0 aromatic carbocycles. The zero-order valence-corrected chi connectivity index (χ0v) is 10.2. The summed E-state index contributed by atoms with van der Waals surface area (Å²) in [7, 11) is 2.30. The number of quaternary nitrogens is 1. The summed E-state index contributed by atoms with van der Waals surface area (Å²) in [6, 6.07) is 1.41. The summed E-state index contributed by atoms with van der Waals surface area (Å²) in [5.41, 5.74) is 0. The van der Waals surface area contributed by atoms with Gasteiger partial charge in [0.15, 0.2) is 0 Å². The van der Waals surface area contributed by atoms with Crippen LogP contribution < -0.4 is 0 Å². The number of nitrogens with zero attached hydrogens (tertiary/aromatic N) is 2. The quantitative estimate of drug-likeness (QED) is 0.626. The molecule has 2 atom stereocenters. The van der Waals surface area contributed by atoms with Gasteiger partial charge in [-0.05, 0) is 26.8 Å². The fraction of sp³-hybridized carbons (Fsp3) is 0.833. The fourth-order valence-electron chi connectivity index (χ4n) is 2.33. The summed E-state index contributed by atoms with van der Waals surface area (Å²) in [5, 5.41) is 0. The van der Waals surface area contributed by atoms with Crippen LogP contribution in [0.4, 0.5) is 0 Å². The summed E-state index contributed by atoms with van der Waals surface area (Å²) in [4.78, 5) is 2.58. The van der Waals surface area contributed by atoms with Gasteiger partial charge in [0.25, 0.3) is 0 Å². The van der Waals surface area contributed by atoms with Gasteiger partial charge in [-0.3, -0.25) is 9.38 Å². The summed E-state index contributed by atoms with van der Waals surface area (Å²) in [6.45, 7) is 14.5. The van der Waals surface area contributed by atoms with Crippen LogP contribution in [0.25, 0.3) is 0 Å². The van der Waals surface area contributed by atoms with E-state index in [-0.39, 0.29) is 0 Å². The molecule has 0 saturated carbocycles. The van der Waals surface area contributed by atoms with Gasteiger partial charge in [-0.25, -0.2) is 0 Å². The first-order valence-corrected chi connectivity index (χ1v) is 5.76. The topological polar surface area (TPSA) is 3.24 Å². The SMILES string of the molecule is C=C[N+]1(C)CCN(C(C)C)CC1CC. The van der Waals surface area contributed by atoms with E-state index < -0.39 is 0 Å². The third-order valence-corrected chi connectivity index (χ3v) is 3.77. The van der Waals surface area contributed by atoms with Crippen LogP contribution in [0.5, 0.6) is 0 Å². The Bertz CT molecular complexity index is 200.